The van der Waals surface area contributed by atoms with E-state index in [1.165, 1.54) is 28.1 Å². The maximum absolute atomic E-state index is 13.3. The van der Waals surface area contributed by atoms with Gasteiger partial charge in [-0.1, -0.05) is 19.9 Å². The maximum Gasteiger partial charge on any atom is 0.416 e. The summed E-state index contributed by atoms with van der Waals surface area (Å²) in [7, 11) is 1.59. The Morgan fingerprint density at radius 2 is 2.00 bits per heavy atom. The Hall–Kier alpha value is -2.85. The highest BCUT2D eigenvalue weighted by atomic mass is 19.4. The van der Waals surface area contributed by atoms with Crippen LogP contribution < -0.4 is 9.64 Å². The molecule has 1 unspecified atom stereocenters. The van der Waals surface area contributed by atoms with Crippen molar-refractivity contribution in [3.8, 4) is 11.5 Å². The molecule has 1 aromatic heterocycles. The standard InChI is InChI=1S/C23H28F3N3O4/c1-14(2)8-9-17-18(33-16-7-4-6-15(12-16)23(24,25)26)13-27-20-19(17)21(31)29(10-5-11-30)22(32)28(20)3/h4,6-7,12-14,22,30,32H,5,8-11H2,1-3H3. The molecule has 180 valence electrons. The fourth-order valence-electron chi connectivity index (χ4n) is 3.67. The third-order valence-corrected chi connectivity index (χ3v) is 5.48. The average molecular weight is 467 g/mol. The summed E-state index contributed by atoms with van der Waals surface area (Å²) in [5.74, 6) is 0.260. The summed E-state index contributed by atoms with van der Waals surface area (Å²) in [6.45, 7) is 4.02. The molecule has 1 amide bonds. The summed E-state index contributed by atoms with van der Waals surface area (Å²) in [5.41, 5.74) is -0.0847. The lowest BCUT2D eigenvalue weighted by Gasteiger charge is -2.40. The van der Waals surface area contributed by atoms with Crippen LogP contribution >= 0.6 is 0 Å². The number of alkyl halides is 3. The zero-order chi connectivity index (χ0) is 24.3. The van der Waals surface area contributed by atoms with Gasteiger partial charge in [0.15, 0.2) is 0 Å². The Bertz CT molecular complexity index is 997. The molecule has 1 aliphatic rings. The van der Waals surface area contributed by atoms with E-state index in [1.807, 2.05) is 13.8 Å². The fraction of sp³-hybridized carbons (Fsp3) is 0.478. The lowest BCUT2D eigenvalue weighted by molar-refractivity contribution is -0.137. The van der Waals surface area contributed by atoms with Gasteiger partial charge in [-0.3, -0.25) is 9.69 Å². The number of anilines is 1. The SMILES string of the molecule is CC(C)CCc1c(Oc2cccc(C(F)(F)F)c2)cnc2c1C(=O)N(CCCO)C(O)N2C. The highest BCUT2D eigenvalue weighted by molar-refractivity contribution is 6.02. The van der Waals surface area contributed by atoms with Crippen molar-refractivity contribution in [1.29, 1.82) is 0 Å². The number of fused-ring (bicyclic) bond motifs is 1. The van der Waals surface area contributed by atoms with E-state index in [1.54, 1.807) is 7.05 Å². The molecular weight excluding hydrogens is 439 g/mol. The zero-order valence-electron chi connectivity index (χ0n) is 18.8. The number of hydrogen-bond acceptors (Lipinski definition) is 6. The van der Waals surface area contributed by atoms with E-state index in [-0.39, 0.29) is 42.5 Å². The van der Waals surface area contributed by atoms with Crippen LogP contribution in [0.1, 0.15) is 48.2 Å². The molecule has 1 atom stereocenters. The number of aromatic nitrogens is 1. The molecule has 10 heteroatoms. The minimum atomic E-state index is -4.52. The summed E-state index contributed by atoms with van der Waals surface area (Å²) < 4.78 is 45.2. The molecule has 2 N–H and O–H groups in total. The molecule has 0 spiro atoms. The predicted octanol–water partition coefficient (Wildman–Crippen LogP) is 4.03. The van der Waals surface area contributed by atoms with Gasteiger partial charge in [0.25, 0.3) is 5.91 Å². The van der Waals surface area contributed by atoms with Gasteiger partial charge < -0.3 is 19.8 Å². The van der Waals surface area contributed by atoms with Crippen molar-refractivity contribution in [2.45, 2.75) is 45.6 Å². The van der Waals surface area contributed by atoms with E-state index in [2.05, 4.69) is 4.98 Å². The van der Waals surface area contributed by atoms with Crippen LogP contribution in [0.25, 0.3) is 0 Å². The Morgan fingerprint density at radius 1 is 1.27 bits per heavy atom. The average Bonchev–Trinajstić information content (AvgIpc) is 2.76. The Balaban J connectivity index is 2.07. The first-order chi connectivity index (χ1) is 15.5. The van der Waals surface area contributed by atoms with E-state index in [4.69, 9.17) is 4.74 Å². The smallest absolute Gasteiger partial charge is 0.416 e. The lowest BCUT2D eigenvalue weighted by Crippen LogP contribution is -2.55. The number of aliphatic hydroxyl groups is 2. The van der Waals surface area contributed by atoms with Gasteiger partial charge >= 0.3 is 6.18 Å². The molecule has 7 nitrogen and oxygen atoms in total. The molecule has 0 radical (unpaired) electrons. The topological polar surface area (TPSA) is 86.1 Å². The van der Waals surface area contributed by atoms with Crippen LogP contribution in [0.5, 0.6) is 11.5 Å². The monoisotopic (exact) mass is 467 g/mol. The molecule has 2 heterocycles. The number of carbonyl (C=O) groups excluding carboxylic acids is 1. The molecule has 0 saturated heterocycles. The number of benzene rings is 1. The van der Waals surface area contributed by atoms with Crippen LogP contribution in [0.15, 0.2) is 30.5 Å². The molecule has 0 saturated carbocycles. The fourth-order valence-corrected chi connectivity index (χ4v) is 3.67. The summed E-state index contributed by atoms with van der Waals surface area (Å²) in [6.07, 6.45) is -2.99. The van der Waals surface area contributed by atoms with Gasteiger partial charge in [-0.2, -0.15) is 13.2 Å². The van der Waals surface area contributed by atoms with E-state index in [0.717, 1.165) is 12.1 Å². The zero-order valence-corrected chi connectivity index (χ0v) is 18.8. The predicted molar refractivity (Wildman–Crippen MR) is 116 cm³/mol. The van der Waals surface area contributed by atoms with Crippen LogP contribution in [-0.2, 0) is 12.6 Å². The number of amides is 1. The quantitative estimate of drug-likeness (QED) is 0.610. The second-order valence-corrected chi connectivity index (χ2v) is 8.39. The first-order valence-corrected chi connectivity index (χ1v) is 10.7. The first-order valence-electron chi connectivity index (χ1n) is 10.7. The second kappa shape index (κ2) is 9.96. The van der Waals surface area contributed by atoms with Crippen molar-refractivity contribution < 1.29 is 32.9 Å². The van der Waals surface area contributed by atoms with Gasteiger partial charge in [0.05, 0.1) is 17.3 Å². The molecule has 1 aromatic carbocycles. The largest absolute Gasteiger partial charge is 0.455 e. The molecule has 0 aliphatic carbocycles. The number of pyridine rings is 1. The molecule has 0 fully saturated rings. The summed E-state index contributed by atoms with van der Waals surface area (Å²) in [4.78, 5) is 20.3. The van der Waals surface area contributed by atoms with Crippen molar-refractivity contribution in [3.05, 3.63) is 47.2 Å². The molecular formula is C23H28F3N3O4. The van der Waals surface area contributed by atoms with Crippen molar-refractivity contribution in [2.75, 3.05) is 25.1 Å². The van der Waals surface area contributed by atoms with Crippen LogP contribution in [0, 0.1) is 5.92 Å². The number of rotatable bonds is 8. The summed E-state index contributed by atoms with van der Waals surface area (Å²) >= 11 is 0. The lowest BCUT2D eigenvalue weighted by atomic mass is 9.96. The molecule has 3 rings (SSSR count). The molecule has 1 aliphatic heterocycles. The number of nitrogens with zero attached hydrogens (tertiary/aromatic N) is 3. The highest BCUT2D eigenvalue weighted by Crippen LogP contribution is 2.38. The number of aliphatic hydroxyl groups excluding tert-OH is 2. The Labute approximate surface area is 190 Å². The van der Waals surface area contributed by atoms with Gasteiger partial charge in [-0.05, 0) is 43.4 Å². The first kappa shape index (κ1) is 24.8. The number of carbonyl (C=O) groups is 1. The summed E-state index contributed by atoms with van der Waals surface area (Å²) in [6, 6.07) is 4.52. The van der Waals surface area contributed by atoms with Crippen LogP contribution in [0.2, 0.25) is 0 Å². The Morgan fingerprint density at radius 3 is 2.64 bits per heavy atom. The van der Waals surface area contributed by atoms with E-state index in [9.17, 15) is 28.2 Å². The van der Waals surface area contributed by atoms with Crippen molar-refractivity contribution in [2.24, 2.45) is 5.92 Å². The van der Waals surface area contributed by atoms with Gasteiger partial charge in [-0.25, -0.2) is 4.98 Å². The normalized spacial score (nSPS) is 16.4. The molecule has 2 aromatic rings. The minimum Gasteiger partial charge on any atom is -0.455 e. The van der Waals surface area contributed by atoms with E-state index < -0.39 is 24.0 Å². The number of ether oxygens (including phenoxy) is 1. The summed E-state index contributed by atoms with van der Waals surface area (Å²) in [5, 5.41) is 19.7. The molecule has 0 bridgehead atoms. The number of hydrogen-bond donors (Lipinski definition) is 2. The maximum atomic E-state index is 13.3. The van der Waals surface area contributed by atoms with E-state index in [0.29, 0.717) is 24.3 Å². The highest BCUT2D eigenvalue weighted by Gasteiger charge is 2.38. The van der Waals surface area contributed by atoms with Crippen LogP contribution in [-0.4, -0.2) is 52.6 Å². The second-order valence-electron chi connectivity index (χ2n) is 8.39. The van der Waals surface area contributed by atoms with Gasteiger partial charge in [0.1, 0.15) is 17.3 Å². The Kier molecular flexibility index (Phi) is 7.48. The van der Waals surface area contributed by atoms with E-state index >= 15 is 0 Å². The minimum absolute atomic E-state index is 0.0221. The van der Waals surface area contributed by atoms with Crippen LogP contribution in [0.3, 0.4) is 0 Å². The van der Waals surface area contributed by atoms with Crippen molar-refractivity contribution >= 4 is 11.7 Å². The van der Waals surface area contributed by atoms with Gasteiger partial charge in [0.2, 0.25) is 6.35 Å². The number of halogens is 3. The molecule has 33 heavy (non-hydrogen) atoms. The van der Waals surface area contributed by atoms with Crippen LogP contribution in [0.4, 0.5) is 19.0 Å². The van der Waals surface area contributed by atoms with Crippen molar-refractivity contribution in [3.63, 3.8) is 0 Å². The van der Waals surface area contributed by atoms with Gasteiger partial charge in [0, 0.05) is 25.8 Å². The van der Waals surface area contributed by atoms with Crippen molar-refractivity contribution in [1.82, 2.24) is 9.88 Å². The third kappa shape index (κ3) is 5.39. The third-order valence-electron chi connectivity index (χ3n) is 5.48. The van der Waals surface area contributed by atoms with Gasteiger partial charge in [-0.15, -0.1) is 0 Å².